The van der Waals surface area contributed by atoms with Gasteiger partial charge in [-0.1, -0.05) is 13.8 Å². The molecule has 0 fully saturated rings. The van der Waals surface area contributed by atoms with E-state index in [4.69, 9.17) is 11.6 Å². The molecule has 5 heteroatoms. The quantitative estimate of drug-likeness (QED) is 0.762. The van der Waals surface area contributed by atoms with E-state index < -0.39 is 0 Å². The molecule has 2 rings (SSSR count). The minimum absolute atomic E-state index is 0.465. The van der Waals surface area contributed by atoms with Crippen molar-refractivity contribution in [3.63, 3.8) is 0 Å². The van der Waals surface area contributed by atoms with Gasteiger partial charge in [0.15, 0.2) is 5.82 Å². The number of hydrogen-bond donors (Lipinski definition) is 0. The topological polar surface area (TPSA) is 33.4 Å². The van der Waals surface area contributed by atoms with E-state index in [-0.39, 0.29) is 0 Å². The van der Waals surface area contributed by atoms with Gasteiger partial charge >= 0.3 is 0 Å². The largest absolute Gasteiger partial charge is 0.351 e. The third-order valence-corrected chi connectivity index (χ3v) is 3.64. The summed E-state index contributed by atoms with van der Waals surface area (Å²) in [4.78, 5) is 6.87. The van der Waals surface area contributed by atoms with E-state index in [9.17, 15) is 0 Å². The maximum absolute atomic E-state index is 5.97. The Morgan fingerprint density at radius 2 is 2.11 bits per heavy atom. The molecule has 0 amide bonds. The molecule has 0 saturated heterocycles. The summed E-state index contributed by atoms with van der Waals surface area (Å²) in [5.41, 5.74) is 2.06. The zero-order valence-corrected chi connectivity index (χ0v) is 12.6. The second-order valence-electron chi connectivity index (χ2n) is 4.72. The zero-order valence-electron chi connectivity index (χ0n) is 11.8. The van der Waals surface area contributed by atoms with Gasteiger partial charge in [-0.3, -0.25) is 0 Å². The molecule has 0 saturated carbocycles. The molecule has 0 radical (unpaired) electrons. The van der Waals surface area contributed by atoms with Crippen LogP contribution in [0.4, 0.5) is 5.82 Å². The molecule has 0 bridgehead atoms. The summed E-state index contributed by atoms with van der Waals surface area (Å²) in [7, 11) is 0. The average molecular weight is 281 g/mol. The Balaban J connectivity index is 2.48. The van der Waals surface area contributed by atoms with Gasteiger partial charge in [-0.05, 0) is 25.8 Å². The van der Waals surface area contributed by atoms with Crippen molar-refractivity contribution in [2.24, 2.45) is 0 Å². The van der Waals surface area contributed by atoms with Gasteiger partial charge in [0.25, 0.3) is 0 Å². The Morgan fingerprint density at radius 1 is 1.37 bits per heavy atom. The number of halogens is 1. The van der Waals surface area contributed by atoms with Gasteiger partial charge in [0.05, 0.1) is 5.69 Å². The number of rotatable bonds is 6. The van der Waals surface area contributed by atoms with Crippen molar-refractivity contribution < 1.29 is 0 Å². The van der Waals surface area contributed by atoms with Crippen LogP contribution in [0.5, 0.6) is 0 Å². The second kappa shape index (κ2) is 6.24. The van der Waals surface area contributed by atoms with Gasteiger partial charge in [-0.2, -0.15) is 5.10 Å². The molecule has 0 aliphatic rings. The fraction of sp³-hybridized carbons (Fsp3) is 0.571. The van der Waals surface area contributed by atoms with E-state index in [1.54, 1.807) is 6.20 Å². The van der Waals surface area contributed by atoms with Crippen LogP contribution in [-0.2, 0) is 0 Å². The number of fused-ring (bicyclic) bond motifs is 1. The van der Waals surface area contributed by atoms with Crippen LogP contribution in [-0.4, -0.2) is 33.1 Å². The Labute approximate surface area is 119 Å². The minimum Gasteiger partial charge on any atom is -0.351 e. The molecule has 0 aromatic carbocycles. The lowest BCUT2D eigenvalue weighted by Gasteiger charge is -2.31. The Morgan fingerprint density at radius 3 is 2.74 bits per heavy atom. The molecule has 4 nitrogen and oxygen atoms in total. The first kappa shape index (κ1) is 14.1. The number of nitrogens with zero attached hydrogens (tertiary/aromatic N) is 4. The van der Waals surface area contributed by atoms with Gasteiger partial charge in [0, 0.05) is 30.9 Å². The minimum atomic E-state index is 0.465. The molecule has 2 aromatic rings. The van der Waals surface area contributed by atoms with Crippen molar-refractivity contribution in [3.05, 3.63) is 24.2 Å². The summed E-state index contributed by atoms with van der Waals surface area (Å²) in [5, 5.41) is 4.44. The van der Waals surface area contributed by atoms with Gasteiger partial charge in [0.2, 0.25) is 0 Å². The van der Waals surface area contributed by atoms with Crippen LogP contribution in [0.2, 0.25) is 0 Å². The van der Waals surface area contributed by atoms with E-state index in [1.165, 1.54) is 0 Å². The lowest BCUT2D eigenvalue weighted by atomic mass is 10.1. The highest BCUT2D eigenvalue weighted by Gasteiger charge is 2.19. The van der Waals surface area contributed by atoms with E-state index >= 15 is 0 Å². The molecule has 104 valence electrons. The zero-order chi connectivity index (χ0) is 13.8. The highest BCUT2D eigenvalue weighted by atomic mass is 35.5. The summed E-state index contributed by atoms with van der Waals surface area (Å²) in [6.45, 7) is 7.22. The number of anilines is 1. The lowest BCUT2D eigenvalue weighted by molar-refractivity contribution is 0.563. The maximum Gasteiger partial charge on any atom is 0.154 e. The predicted molar refractivity (Wildman–Crippen MR) is 80.2 cm³/mol. The summed E-state index contributed by atoms with van der Waals surface area (Å²) in [6, 6.07) is 2.54. The molecule has 2 heterocycles. The summed E-state index contributed by atoms with van der Waals surface area (Å²) < 4.78 is 1.89. The van der Waals surface area contributed by atoms with Gasteiger partial charge in [-0.15, -0.1) is 11.6 Å². The monoisotopic (exact) mass is 280 g/mol. The van der Waals surface area contributed by atoms with Crippen LogP contribution in [0.3, 0.4) is 0 Å². The molecule has 0 unspecified atom stereocenters. The van der Waals surface area contributed by atoms with E-state index in [0.29, 0.717) is 11.9 Å². The van der Waals surface area contributed by atoms with Crippen LogP contribution in [0.1, 0.15) is 32.4 Å². The standard InChI is InChI=1S/C14H21ClN4/c1-4-12(5-2)18(8-6-15)14-13-10-11(3)17-19(13)9-7-16-14/h7,9-10,12H,4-6,8H2,1-3H3. The summed E-state index contributed by atoms with van der Waals surface area (Å²) in [6.07, 6.45) is 5.86. The molecular weight excluding hydrogens is 260 g/mol. The number of hydrogen-bond acceptors (Lipinski definition) is 3. The van der Waals surface area contributed by atoms with Crippen molar-refractivity contribution in [2.45, 2.75) is 39.7 Å². The van der Waals surface area contributed by atoms with Crippen molar-refractivity contribution in [3.8, 4) is 0 Å². The molecular formula is C14H21ClN4. The average Bonchev–Trinajstić information content (AvgIpc) is 2.79. The fourth-order valence-corrected chi connectivity index (χ4v) is 2.72. The van der Waals surface area contributed by atoms with E-state index in [1.807, 2.05) is 17.6 Å². The number of aromatic nitrogens is 3. The Bertz CT molecular complexity index is 533. The lowest BCUT2D eigenvalue weighted by Crippen LogP contribution is -2.37. The van der Waals surface area contributed by atoms with Gasteiger partial charge < -0.3 is 4.90 Å². The van der Waals surface area contributed by atoms with Gasteiger partial charge in [-0.25, -0.2) is 9.50 Å². The van der Waals surface area contributed by atoms with Crippen LogP contribution >= 0.6 is 11.6 Å². The van der Waals surface area contributed by atoms with Crippen LogP contribution in [0.15, 0.2) is 18.5 Å². The van der Waals surface area contributed by atoms with Crippen molar-refractivity contribution in [1.29, 1.82) is 0 Å². The Kier molecular flexibility index (Phi) is 4.64. The van der Waals surface area contributed by atoms with Crippen molar-refractivity contribution in [1.82, 2.24) is 14.6 Å². The first-order chi connectivity index (χ1) is 9.21. The third-order valence-electron chi connectivity index (χ3n) is 3.47. The molecule has 0 spiro atoms. The van der Waals surface area contributed by atoms with Crippen molar-refractivity contribution >= 4 is 22.9 Å². The number of alkyl halides is 1. The summed E-state index contributed by atoms with van der Waals surface area (Å²) in [5.74, 6) is 1.59. The first-order valence-corrected chi connectivity index (χ1v) is 7.38. The van der Waals surface area contributed by atoms with Gasteiger partial charge in [0.1, 0.15) is 5.52 Å². The van der Waals surface area contributed by atoms with Crippen LogP contribution in [0, 0.1) is 6.92 Å². The molecule has 0 aliphatic carbocycles. The maximum atomic E-state index is 5.97. The van der Waals surface area contributed by atoms with Crippen LogP contribution in [0.25, 0.3) is 5.52 Å². The molecule has 0 aliphatic heterocycles. The third kappa shape index (κ3) is 2.84. The fourth-order valence-electron chi connectivity index (χ4n) is 2.53. The van der Waals surface area contributed by atoms with E-state index in [0.717, 1.165) is 36.4 Å². The Hall–Kier alpha value is -1.29. The molecule has 0 N–H and O–H groups in total. The highest BCUT2D eigenvalue weighted by molar-refractivity contribution is 6.18. The second-order valence-corrected chi connectivity index (χ2v) is 5.10. The predicted octanol–water partition coefficient (Wildman–Crippen LogP) is 3.27. The number of aryl methyl sites for hydroxylation is 1. The molecule has 0 atom stereocenters. The smallest absolute Gasteiger partial charge is 0.154 e. The molecule has 19 heavy (non-hydrogen) atoms. The summed E-state index contributed by atoms with van der Waals surface area (Å²) >= 11 is 5.97. The first-order valence-electron chi connectivity index (χ1n) is 6.84. The normalized spacial score (nSPS) is 11.4. The van der Waals surface area contributed by atoms with Crippen molar-refractivity contribution in [2.75, 3.05) is 17.3 Å². The molecule has 2 aromatic heterocycles. The van der Waals surface area contributed by atoms with E-state index in [2.05, 4.69) is 34.9 Å². The highest BCUT2D eigenvalue weighted by Crippen LogP contribution is 2.23. The SMILES string of the molecule is CCC(CC)N(CCCl)c1nccn2nc(C)cc12. The van der Waals surface area contributed by atoms with Crippen LogP contribution < -0.4 is 4.90 Å².